The van der Waals surface area contributed by atoms with Crippen LogP contribution in [0.2, 0.25) is 5.02 Å². The van der Waals surface area contributed by atoms with Crippen LogP contribution >= 0.6 is 11.6 Å². The van der Waals surface area contributed by atoms with Crippen LogP contribution in [0.15, 0.2) is 32.8 Å². The van der Waals surface area contributed by atoms with Gasteiger partial charge in [0.2, 0.25) is 0 Å². The van der Waals surface area contributed by atoms with E-state index in [1.807, 2.05) is 0 Å². The Morgan fingerprint density at radius 2 is 1.92 bits per heavy atom. The minimum atomic E-state index is -5.06. The van der Waals surface area contributed by atoms with Crippen molar-refractivity contribution < 1.29 is 32.6 Å². The van der Waals surface area contributed by atoms with Gasteiger partial charge in [-0.05, 0) is 22.6 Å². The fraction of sp³-hybridized carbons (Fsp3) is 0.333. The van der Waals surface area contributed by atoms with Crippen molar-refractivity contribution in [1.82, 2.24) is 5.32 Å². The zero-order valence-corrected chi connectivity index (χ0v) is 13.1. The minimum Gasteiger partial charge on any atom is -0.481 e. The number of nitrogens with one attached hydrogen (secondary N) is 1. The number of alkyl halides is 3. The Labute approximate surface area is 142 Å². The van der Waals surface area contributed by atoms with Gasteiger partial charge < -0.3 is 15.2 Å². The molecule has 0 bridgehead atoms. The maximum absolute atomic E-state index is 12.4. The number of halogens is 4. The summed E-state index contributed by atoms with van der Waals surface area (Å²) in [6, 6.07) is 1.75. The zero-order chi connectivity index (χ0) is 18.8. The molecule has 0 saturated carbocycles. The monoisotopic (exact) mass is 379 g/mol. The number of carbonyl (C=O) groups is 2. The molecule has 1 aromatic rings. The summed E-state index contributed by atoms with van der Waals surface area (Å²) in [6.07, 6.45) is -5.94. The molecule has 1 aliphatic heterocycles. The molecule has 1 heterocycles. The lowest BCUT2D eigenvalue weighted by Gasteiger charge is -2.18. The van der Waals surface area contributed by atoms with Gasteiger partial charge >= 0.3 is 12.3 Å². The van der Waals surface area contributed by atoms with Gasteiger partial charge in [0, 0.05) is 12.5 Å². The molecule has 25 heavy (non-hydrogen) atoms. The molecule has 9 nitrogen and oxygen atoms in total. The van der Waals surface area contributed by atoms with Crippen molar-refractivity contribution in [2.75, 3.05) is 0 Å². The molecular weight excluding hydrogens is 371 g/mol. The van der Waals surface area contributed by atoms with Crippen molar-refractivity contribution in [2.45, 2.75) is 25.5 Å². The summed E-state index contributed by atoms with van der Waals surface area (Å²) in [7, 11) is 0. The number of ether oxygens (including phenoxy) is 1. The van der Waals surface area contributed by atoms with Crippen LogP contribution in [0, 0.1) is 0 Å². The lowest BCUT2D eigenvalue weighted by Crippen LogP contribution is -2.41. The van der Waals surface area contributed by atoms with Crippen molar-refractivity contribution >= 4 is 23.5 Å². The molecule has 0 radical (unpaired) electrons. The second kappa shape index (κ2) is 6.63. The molecule has 134 valence electrons. The molecule has 2 rings (SSSR count). The molecule has 0 spiro atoms. The van der Waals surface area contributed by atoms with Crippen LogP contribution in [-0.2, 0) is 11.2 Å². The largest absolute Gasteiger partial charge is 0.573 e. The first-order valence-electron chi connectivity index (χ1n) is 6.46. The summed E-state index contributed by atoms with van der Waals surface area (Å²) in [6.45, 7) is 1.36. The van der Waals surface area contributed by atoms with E-state index in [4.69, 9.17) is 16.7 Å². The van der Waals surface area contributed by atoms with Crippen LogP contribution in [0.1, 0.15) is 22.8 Å². The van der Waals surface area contributed by atoms with Gasteiger partial charge in [0.1, 0.15) is 5.75 Å². The summed E-state index contributed by atoms with van der Waals surface area (Å²) in [5, 5.41) is 24.2. The Balaban J connectivity index is 2.39. The summed E-state index contributed by atoms with van der Waals surface area (Å²) in [4.78, 5) is 23.2. The second-order valence-electron chi connectivity index (χ2n) is 4.88. The maximum Gasteiger partial charge on any atom is 0.573 e. The number of carboxylic acid groups (broad SMARTS) is 1. The number of rotatable bonds is 5. The lowest BCUT2D eigenvalue weighted by atomic mass is 10.1. The van der Waals surface area contributed by atoms with Crippen molar-refractivity contribution in [3.63, 3.8) is 0 Å². The van der Waals surface area contributed by atoms with E-state index in [1.54, 1.807) is 0 Å². The van der Waals surface area contributed by atoms with Crippen LogP contribution in [-0.4, -0.2) is 29.1 Å². The van der Waals surface area contributed by atoms with Crippen LogP contribution in [0.3, 0.4) is 0 Å². The highest BCUT2D eigenvalue weighted by atomic mass is 35.5. The first-order valence-corrected chi connectivity index (χ1v) is 6.84. The van der Waals surface area contributed by atoms with Gasteiger partial charge in [0.05, 0.1) is 17.0 Å². The number of aliphatic carboxylic acids is 1. The third-order valence-electron chi connectivity index (χ3n) is 2.87. The van der Waals surface area contributed by atoms with Gasteiger partial charge in [-0.1, -0.05) is 11.6 Å². The van der Waals surface area contributed by atoms with E-state index in [2.05, 4.69) is 30.7 Å². The van der Waals surface area contributed by atoms with Crippen molar-refractivity contribution in [3.05, 3.63) is 28.3 Å². The third kappa shape index (κ3) is 4.62. The van der Waals surface area contributed by atoms with Crippen molar-refractivity contribution in [1.29, 1.82) is 0 Å². The number of carbonyl (C=O) groups excluding carboxylic acids is 1. The molecule has 0 atom stereocenters. The van der Waals surface area contributed by atoms with Gasteiger partial charge in [0.15, 0.2) is 0 Å². The Kier molecular flexibility index (Phi) is 4.92. The van der Waals surface area contributed by atoms with E-state index in [9.17, 15) is 22.8 Å². The topological polar surface area (TPSA) is 125 Å². The Bertz CT molecular complexity index is 769. The normalized spacial score (nSPS) is 15.2. The number of nitrogens with zero attached hydrogens (tertiary/aromatic N) is 4. The molecular formula is C12H9ClF3N5O4. The van der Waals surface area contributed by atoms with E-state index in [0.29, 0.717) is 0 Å². The molecule has 1 amide bonds. The van der Waals surface area contributed by atoms with Crippen LogP contribution in [0.4, 0.5) is 13.2 Å². The summed E-state index contributed by atoms with van der Waals surface area (Å²) >= 11 is 5.93. The SMILES string of the molecule is CC1(NC(=O)c2ccc(OC(F)(F)F)c(CC(=O)O)c2Cl)N=NN=N1. The van der Waals surface area contributed by atoms with Crippen LogP contribution in [0.25, 0.3) is 0 Å². The molecule has 0 unspecified atom stereocenters. The number of carboxylic acids is 1. The van der Waals surface area contributed by atoms with E-state index < -0.39 is 46.8 Å². The lowest BCUT2D eigenvalue weighted by molar-refractivity contribution is -0.274. The van der Waals surface area contributed by atoms with Crippen LogP contribution in [0.5, 0.6) is 5.75 Å². The van der Waals surface area contributed by atoms with Gasteiger partial charge in [-0.15, -0.1) is 23.4 Å². The predicted molar refractivity (Wildman–Crippen MR) is 75.1 cm³/mol. The van der Waals surface area contributed by atoms with Crippen molar-refractivity contribution in [2.24, 2.45) is 20.7 Å². The number of amides is 1. The highest BCUT2D eigenvalue weighted by Crippen LogP contribution is 2.34. The fourth-order valence-electron chi connectivity index (χ4n) is 1.88. The average molecular weight is 380 g/mol. The number of benzene rings is 1. The quantitative estimate of drug-likeness (QED) is 0.815. The molecule has 0 aliphatic carbocycles. The van der Waals surface area contributed by atoms with Gasteiger partial charge in [0.25, 0.3) is 11.7 Å². The van der Waals surface area contributed by atoms with Gasteiger partial charge in [-0.2, -0.15) is 0 Å². The van der Waals surface area contributed by atoms with E-state index in [-0.39, 0.29) is 5.56 Å². The Morgan fingerprint density at radius 1 is 1.32 bits per heavy atom. The standard InChI is InChI=1S/C12H9ClF3N5O4/c1-11(18-20-21-19-11)17-10(24)5-2-3-7(25-12(14,15)16)6(9(5)13)4-8(22)23/h2-3H,4H2,1H3,(H,17,24)(H,22,23). The fourth-order valence-corrected chi connectivity index (χ4v) is 2.19. The third-order valence-corrected chi connectivity index (χ3v) is 3.30. The molecule has 0 fully saturated rings. The smallest absolute Gasteiger partial charge is 0.481 e. The minimum absolute atomic E-state index is 0.286. The Hall–Kier alpha value is -2.76. The molecule has 1 aliphatic rings. The summed E-state index contributed by atoms with van der Waals surface area (Å²) in [5.41, 5.74) is -0.787. The summed E-state index contributed by atoms with van der Waals surface area (Å²) < 4.78 is 41.1. The molecule has 13 heteroatoms. The molecule has 0 aromatic heterocycles. The molecule has 2 N–H and O–H groups in total. The Morgan fingerprint density at radius 3 is 2.44 bits per heavy atom. The highest BCUT2D eigenvalue weighted by Gasteiger charge is 2.34. The number of hydrogen-bond donors (Lipinski definition) is 2. The highest BCUT2D eigenvalue weighted by molar-refractivity contribution is 6.35. The van der Waals surface area contributed by atoms with Gasteiger partial charge in [-0.25, -0.2) is 0 Å². The molecule has 1 aromatic carbocycles. The van der Waals surface area contributed by atoms with E-state index in [1.165, 1.54) is 6.92 Å². The average Bonchev–Trinajstić information content (AvgIpc) is 2.87. The van der Waals surface area contributed by atoms with Crippen LogP contribution < -0.4 is 10.1 Å². The zero-order valence-electron chi connectivity index (χ0n) is 12.3. The summed E-state index contributed by atoms with van der Waals surface area (Å²) in [5.74, 6) is -4.63. The second-order valence-corrected chi connectivity index (χ2v) is 5.25. The van der Waals surface area contributed by atoms with E-state index >= 15 is 0 Å². The maximum atomic E-state index is 12.4. The molecule has 0 saturated heterocycles. The first-order chi connectivity index (χ1) is 11.5. The van der Waals surface area contributed by atoms with Gasteiger partial charge in [-0.3, -0.25) is 9.59 Å². The van der Waals surface area contributed by atoms with Crippen molar-refractivity contribution in [3.8, 4) is 5.75 Å². The van der Waals surface area contributed by atoms with E-state index in [0.717, 1.165) is 12.1 Å². The predicted octanol–water partition coefficient (Wildman–Crippen LogP) is 3.10. The number of hydrogen-bond acceptors (Lipinski definition) is 7. The first kappa shape index (κ1) is 18.6.